The van der Waals surface area contributed by atoms with Gasteiger partial charge in [0.05, 0.1) is 5.02 Å². The van der Waals surface area contributed by atoms with Crippen molar-refractivity contribution in [2.24, 2.45) is 0 Å². The van der Waals surface area contributed by atoms with Gasteiger partial charge in [-0.2, -0.15) is 5.10 Å². The Morgan fingerprint density at radius 2 is 2.07 bits per heavy atom. The minimum Gasteiger partial charge on any atom is -0.338 e. The van der Waals surface area contributed by atoms with Gasteiger partial charge in [0, 0.05) is 24.5 Å². The first-order valence-electron chi connectivity index (χ1n) is 10.1. The highest BCUT2D eigenvalue weighted by atomic mass is 35.5. The predicted molar refractivity (Wildman–Crippen MR) is 114 cm³/mol. The standard InChI is InChI=1S/C21H26ClFN6/c1-2-8-24-16-6-9-28(10-7-16)13-15-5-11-29-20(15)21(25-14-26-29)27-17-3-4-19(23)18(22)12-17/h3-5,11-12,14,16,24H,2,6-10,13H2,1H3,(H,25,26,27). The van der Waals surface area contributed by atoms with Crippen LogP contribution in [0.4, 0.5) is 15.9 Å². The molecule has 1 saturated heterocycles. The number of aromatic nitrogens is 3. The smallest absolute Gasteiger partial charge is 0.158 e. The number of hydrogen-bond donors (Lipinski definition) is 2. The van der Waals surface area contributed by atoms with Crippen molar-refractivity contribution in [1.29, 1.82) is 0 Å². The Morgan fingerprint density at radius 3 is 2.83 bits per heavy atom. The molecule has 0 amide bonds. The maximum absolute atomic E-state index is 13.5. The second-order valence-electron chi connectivity index (χ2n) is 7.50. The summed E-state index contributed by atoms with van der Waals surface area (Å²) in [5.41, 5.74) is 2.78. The third-order valence-corrected chi connectivity index (χ3v) is 5.67. The van der Waals surface area contributed by atoms with E-state index in [9.17, 15) is 4.39 Å². The first-order valence-corrected chi connectivity index (χ1v) is 10.5. The Kier molecular flexibility index (Phi) is 6.28. The van der Waals surface area contributed by atoms with Crippen molar-refractivity contribution in [2.45, 2.75) is 38.8 Å². The van der Waals surface area contributed by atoms with Gasteiger partial charge in [0.25, 0.3) is 0 Å². The topological polar surface area (TPSA) is 57.5 Å². The Bertz CT molecular complexity index is 967. The van der Waals surface area contributed by atoms with E-state index in [0.717, 1.165) is 31.7 Å². The monoisotopic (exact) mass is 416 g/mol. The van der Waals surface area contributed by atoms with Crippen molar-refractivity contribution in [1.82, 2.24) is 24.8 Å². The van der Waals surface area contributed by atoms with Crippen molar-refractivity contribution >= 4 is 28.6 Å². The molecule has 154 valence electrons. The molecule has 2 N–H and O–H groups in total. The maximum atomic E-state index is 13.5. The van der Waals surface area contributed by atoms with Gasteiger partial charge in [0.2, 0.25) is 0 Å². The molecule has 2 aromatic heterocycles. The summed E-state index contributed by atoms with van der Waals surface area (Å²) in [6.07, 6.45) is 6.97. The number of fused-ring (bicyclic) bond motifs is 1. The average Bonchev–Trinajstić information content (AvgIpc) is 3.14. The SMILES string of the molecule is CCCNC1CCN(Cc2ccn3ncnc(Nc4ccc(F)c(Cl)c4)c23)CC1. The van der Waals surface area contributed by atoms with Gasteiger partial charge in [-0.25, -0.2) is 13.9 Å². The molecule has 0 radical (unpaired) electrons. The summed E-state index contributed by atoms with van der Waals surface area (Å²) in [6, 6.07) is 7.27. The number of nitrogens with zero attached hydrogens (tertiary/aromatic N) is 4. The molecule has 1 fully saturated rings. The summed E-state index contributed by atoms with van der Waals surface area (Å²) >= 11 is 5.92. The van der Waals surface area contributed by atoms with Crippen LogP contribution >= 0.6 is 11.6 Å². The van der Waals surface area contributed by atoms with Crippen LogP contribution in [0.1, 0.15) is 31.7 Å². The van der Waals surface area contributed by atoms with E-state index in [1.807, 2.05) is 10.7 Å². The summed E-state index contributed by atoms with van der Waals surface area (Å²) in [7, 11) is 0. The van der Waals surface area contributed by atoms with Crippen LogP contribution in [0.25, 0.3) is 5.52 Å². The molecule has 3 heterocycles. The van der Waals surface area contributed by atoms with Crippen LogP contribution in [-0.2, 0) is 6.54 Å². The highest BCUT2D eigenvalue weighted by Gasteiger charge is 2.20. The van der Waals surface area contributed by atoms with E-state index in [1.165, 1.54) is 37.2 Å². The van der Waals surface area contributed by atoms with E-state index >= 15 is 0 Å². The van der Waals surface area contributed by atoms with Crippen LogP contribution < -0.4 is 10.6 Å². The lowest BCUT2D eigenvalue weighted by Gasteiger charge is -2.32. The number of hydrogen-bond acceptors (Lipinski definition) is 5. The van der Waals surface area contributed by atoms with Crippen LogP contribution in [-0.4, -0.2) is 45.2 Å². The van der Waals surface area contributed by atoms with E-state index in [4.69, 9.17) is 11.6 Å². The van der Waals surface area contributed by atoms with E-state index in [2.05, 4.69) is 38.6 Å². The zero-order chi connectivity index (χ0) is 20.2. The normalized spacial score (nSPS) is 15.8. The third kappa shape index (κ3) is 4.69. The van der Waals surface area contributed by atoms with Crippen molar-refractivity contribution in [3.8, 4) is 0 Å². The molecule has 1 aromatic carbocycles. The van der Waals surface area contributed by atoms with Gasteiger partial charge in [-0.3, -0.25) is 4.90 Å². The number of likely N-dealkylation sites (tertiary alicyclic amines) is 1. The lowest BCUT2D eigenvalue weighted by atomic mass is 10.0. The molecule has 0 spiro atoms. The fourth-order valence-electron chi connectivity index (χ4n) is 3.83. The third-order valence-electron chi connectivity index (χ3n) is 5.38. The molecule has 3 aromatic rings. The van der Waals surface area contributed by atoms with Gasteiger partial charge >= 0.3 is 0 Å². The second-order valence-corrected chi connectivity index (χ2v) is 7.91. The second kappa shape index (κ2) is 9.07. The first kappa shape index (κ1) is 20.1. The molecule has 0 unspecified atom stereocenters. The molecule has 1 aliphatic rings. The Labute approximate surface area is 175 Å². The number of benzene rings is 1. The molecule has 8 heteroatoms. The molecular weight excluding hydrogens is 391 g/mol. The summed E-state index contributed by atoms with van der Waals surface area (Å²) in [4.78, 5) is 6.89. The molecule has 6 nitrogen and oxygen atoms in total. The first-order chi connectivity index (χ1) is 14.1. The van der Waals surface area contributed by atoms with Gasteiger partial charge in [-0.05, 0) is 68.7 Å². The fraction of sp³-hybridized carbons (Fsp3) is 0.429. The number of anilines is 2. The van der Waals surface area contributed by atoms with Crippen molar-refractivity contribution in [2.75, 3.05) is 25.0 Å². The van der Waals surface area contributed by atoms with Gasteiger partial charge < -0.3 is 10.6 Å². The van der Waals surface area contributed by atoms with Gasteiger partial charge in [-0.1, -0.05) is 18.5 Å². The minimum atomic E-state index is -0.440. The molecule has 1 aliphatic heterocycles. The number of piperidine rings is 1. The average molecular weight is 417 g/mol. The molecule has 0 saturated carbocycles. The van der Waals surface area contributed by atoms with E-state index in [-0.39, 0.29) is 5.02 Å². The van der Waals surface area contributed by atoms with Gasteiger partial charge in [0.1, 0.15) is 17.7 Å². The predicted octanol–water partition coefficient (Wildman–Crippen LogP) is 4.23. The van der Waals surface area contributed by atoms with Crippen molar-refractivity contribution < 1.29 is 4.39 Å². The zero-order valence-electron chi connectivity index (χ0n) is 16.5. The van der Waals surface area contributed by atoms with Gasteiger partial charge in [-0.15, -0.1) is 0 Å². The summed E-state index contributed by atoms with van der Waals surface area (Å²) < 4.78 is 15.3. The van der Waals surface area contributed by atoms with Crippen LogP contribution in [0.3, 0.4) is 0 Å². The summed E-state index contributed by atoms with van der Waals surface area (Å²) in [6.45, 7) is 6.29. The quantitative estimate of drug-likeness (QED) is 0.603. The summed E-state index contributed by atoms with van der Waals surface area (Å²) in [5, 5.41) is 11.3. The molecule has 29 heavy (non-hydrogen) atoms. The molecule has 4 rings (SSSR count). The van der Waals surface area contributed by atoms with E-state index < -0.39 is 5.82 Å². The molecule has 0 aliphatic carbocycles. The highest BCUT2D eigenvalue weighted by molar-refractivity contribution is 6.31. The van der Waals surface area contributed by atoms with Crippen molar-refractivity contribution in [3.05, 3.63) is 53.2 Å². The van der Waals surface area contributed by atoms with Crippen LogP contribution in [0, 0.1) is 5.82 Å². The Balaban J connectivity index is 1.50. The lowest BCUT2D eigenvalue weighted by Crippen LogP contribution is -2.42. The number of rotatable bonds is 7. The molecule has 0 bridgehead atoms. The zero-order valence-corrected chi connectivity index (χ0v) is 17.3. The largest absolute Gasteiger partial charge is 0.338 e. The lowest BCUT2D eigenvalue weighted by molar-refractivity contribution is 0.191. The van der Waals surface area contributed by atoms with E-state index in [1.54, 1.807) is 12.1 Å². The minimum absolute atomic E-state index is 0.0789. The molecule has 0 atom stereocenters. The van der Waals surface area contributed by atoms with Crippen LogP contribution in [0.2, 0.25) is 5.02 Å². The van der Waals surface area contributed by atoms with Crippen LogP contribution in [0.15, 0.2) is 36.8 Å². The fourth-order valence-corrected chi connectivity index (χ4v) is 4.01. The van der Waals surface area contributed by atoms with E-state index in [0.29, 0.717) is 17.5 Å². The Hall–Kier alpha value is -2.22. The molecular formula is C21H26ClFN6. The van der Waals surface area contributed by atoms with Gasteiger partial charge in [0.15, 0.2) is 5.82 Å². The summed E-state index contributed by atoms with van der Waals surface area (Å²) in [5.74, 6) is 0.243. The number of nitrogens with one attached hydrogen (secondary N) is 2. The number of halogens is 2. The van der Waals surface area contributed by atoms with Crippen LogP contribution in [0.5, 0.6) is 0 Å². The Morgan fingerprint density at radius 1 is 1.24 bits per heavy atom. The highest BCUT2D eigenvalue weighted by Crippen LogP contribution is 2.27. The van der Waals surface area contributed by atoms with Crippen molar-refractivity contribution in [3.63, 3.8) is 0 Å². The maximum Gasteiger partial charge on any atom is 0.158 e.